The van der Waals surface area contributed by atoms with E-state index in [0.717, 1.165) is 31.2 Å². The van der Waals surface area contributed by atoms with Crippen molar-refractivity contribution < 1.29 is 27.4 Å². The largest absolute Gasteiger partial charge is 0.486 e. The monoisotopic (exact) mass is 496 g/mol. The lowest BCUT2D eigenvalue weighted by atomic mass is 9.95. The van der Waals surface area contributed by atoms with Gasteiger partial charge in [-0.25, -0.2) is 8.78 Å². The van der Waals surface area contributed by atoms with Crippen LogP contribution >= 0.6 is 0 Å². The Morgan fingerprint density at radius 3 is 2.25 bits per heavy atom. The third-order valence-corrected chi connectivity index (χ3v) is 6.38. The molecule has 3 aromatic carbocycles. The maximum absolute atomic E-state index is 15.0. The zero-order valence-electron chi connectivity index (χ0n) is 20.4. The van der Waals surface area contributed by atoms with Gasteiger partial charge in [-0.1, -0.05) is 68.8 Å². The Morgan fingerprint density at radius 2 is 1.58 bits per heavy atom. The van der Waals surface area contributed by atoms with Crippen LogP contribution in [-0.4, -0.2) is 26.1 Å². The summed E-state index contributed by atoms with van der Waals surface area (Å²) in [5.41, 5.74) is 2.66. The fourth-order valence-corrected chi connectivity index (χ4v) is 4.35. The molecule has 0 aromatic heterocycles. The minimum atomic E-state index is -1.04. The van der Waals surface area contributed by atoms with Crippen molar-refractivity contribution >= 4 is 0 Å². The van der Waals surface area contributed by atoms with E-state index < -0.39 is 11.6 Å². The average molecular weight is 497 g/mol. The van der Waals surface area contributed by atoms with E-state index >= 15 is 4.39 Å². The lowest BCUT2D eigenvalue weighted by Crippen LogP contribution is -2.31. The predicted octanol–water partition coefficient (Wildman–Crippen LogP) is 8.04. The molecular weight excluding hydrogens is 465 g/mol. The molecule has 0 unspecified atom stereocenters. The summed E-state index contributed by atoms with van der Waals surface area (Å²) in [6.07, 6.45) is 5.47. The number of unbranched alkanes of at least 4 members (excludes halogenated alkanes) is 2. The van der Waals surface area contributed by atoms with E-state index in [1.54, 1.807) is 30.3 Å². The van der Waals surface area contributed by atoms with Gasteiger partial charge in [0.2, 0.25) is 5.82 Å². The van der Waals surface area contributed by atoms with Crippen molar-refractivity contribution in [3.05, 3.63) is 90.3 Å². The highest BCUT2D eigenvalue weighted by atomic mass is 19.2. The van der Waals surface area contributed by atoms with Crippen LogP contribution in [0.1, 0.15) is 44.1 Å². The van der Waals surface area contributed by atoms with Crippen molar-refractivity contribution in [1.29, 1.82) is 0 Å². The van der Waals surface area contributed by atoms with Gasteiger partial charge >= 0.3 is 0 Å². The Hall–Kier alpha value is -3.09. The average Bonchev–Trinajstić information content (AvgIpc) is 2.90. The summed E-state index contributed by atoms with van der Waals surface area (Å²) in [7, 11) is 0. The van der Waals surface area contributed by atoms with Crippen molar-refractivity contribution in [1.82, 2.24) is 0 Å². The first-order valence-corrected chi connectivity index (χ1v) is 12.4. The molecule has 0 aliphatic carbocycles. The van der Waals surface area contributed by atoms with Crippen molar-refractivity contribution in [3.8, 4) is 28.0 Å². The first-order valence-electron chi connectivity index (χ1n) is 12.4. The molecule has 4 rings (SSSR count). The maximum Gasteiger partial charge on any atom is 0.201 e. The molecule has 190 valence electrons. The van der Waals surface area contributed by atoms with Crippen LogP contribution in [-0.2, 0) is 9.47 Å². The molecule has 3 nitrogen and oxygen atoms in total. The van der Waals surface area contributed by atoms with Gasteiger partial charge in [0, 0.05) is 11.5 Å². The molecular formula is C30H31F3O3. The molecule has 36 heavy (non-hydrogen) atoms. The minimum Gasteiger partial charge on any atom is -0.486 e. The van der Waals surface area contributed by atoms with Crippen LogP contribution in [0.15, 0.2) is 67.3 Å². The molecule has 1 saturated heterocycles. The van der Waals surface area contributed by atoms with Gasteiger partial charge in [-0.3, -0.25) is 0 Å². The van der Waals surface area contributed by atoms with Crippen LogP contribution in [0.3, 0.4) is 0 Å². The molecule has 0 atom stereocenters. The van der Waals surface area contributed by atoms with Crippen molar-refractivity contribution in [2.75, 3.05) is 19.8 Å². The van der Waals surface area contributed by atoms with Crippen LogP contribution in [0.25, 0.3) is 22.3 Å². The molecule has 0 radical (unpaired) electrons. The predicted molar refractivity (Wildman–Crippen MR) is 135 cm³/mol. The van der Waals surface area contributed by atoms with Gasteiger partial charge in [0.1, 0.15) is 12.4 Å². The Bertz CT molecular complexity index is 1170. The fraction of sp³-hybridized carbons (Fsp3) is 0.333. The molecule has 0 amide bonds. The van der Waals surface area contributed by atoms with Gasteiger partial charge in [0.25, 0.3) is 0 Å². The van der Waals surface area contributed by atoms with E-state index in [0.29, 0.717) is 29.9 Å². The maximum atomic E-state index is 15.0. The Morgan fingerprint density at radius 1 is 0.889 bits per heavy atom. The zero-order valence-corrected chi connectivity index (χ0v) is 20.4. The number of ether oxygens (including phenoxy) is 3. The fourth-order valence-electron chi connectivity index (χ4n) is 4.35. The van der Waals surface area contributed by atoms with E-state index in [-0.39, 0.29) is 35.9 Å². The molecule has 0 N–H and O–H groups in total. The number of rotatable bonds is 10. The highest BCUT2D eigenvalue weighted by molar-refractivity contribution is 5.71. The van der Waals surface area contributed by atoms with Gasteiger partial charge in [-0.05, 0) is 53.3 Å². The number of halogens is 3. The second-order valence-corrected chi connectivity index (χ2v) is 8.94. The molecule has 1 fully saturated rings. The summed E-state index contributed by atoms with van der Waals surface area (Å²) in [5, 5.41) is 0. The molecule has 1 heterocycles. The van der Waals surface area contributed by atoms with Crippen LogP contribution in [0.5, 0.6) is 5.75 Å². The quantitative estimate of drug-likeness (QED) is 0.210. The normalized spacial score (nSPS) is 17.7. The highest BCUT2D eigenvalue weighted by Gasteiger charge is 2.25. The second kappa shape index (κ2) is 12.2. The van der Waals surface area contributed by atoms with E-state index in [9.17, 15) is 8.78 Å². The van der Waals surface area contributed by atoms with Crippen LogP contribution in [0.2, 0.25) is 0 Å². The highest BCUT2D eigenvalue weighted by Crippen LogP contribution is 2.33. The van der Waals surface area contributed by atoms with Crippen LogP contribution in [0, 0.1) is 17.5 Å². The topological polar surface area (TPSA) is 27.7 Å². The summed E-state index contributed by atoms with van der Waals surface area (Å²) in [4.78, 5) is 0. The van der Waals surface area contributed by atoms with Gasteiger partial charge in [0.15, 0.2) is 17.9 Å². The standard InChI is InChI=1S/C30H31F3O3/c1-3-5-6-7-28-35-18-23(19-36-28)24-13-12-22(17-26(24)31)20-8-10-21(11-9-20)25-14-15-27(34-16-4-2)30(33)29(25)32/h4,8-15,17,23,28H,2-3,5-7,16,18-19H2,1H3. The summed E-state index contributed by atoms with van der Waals surface area (Å²) in [5.74, 6) is -2.66. The first-order chi connectivity index (χ1) is 17.5. The van der Waals surface area contributed by atoms with Gasteiger partial charge in [-0.15, -0.1) is 0 Å². The summed E-state index contributed by atoms with van der Waals surface area (Å²) in [6.45, 7) is 6.60. The van der Waals surface area contributed by atoms with Crippen molar-refractivity contribution in [2.45, 2.75) is 44.8 Å². The van der Waals surface area contributed by atoms with Gasteiger partial charge in [0.05, 0.1) is 13.2 Å². The van der Waals surface area contributed by atoms with E-state index in [2.05, 4.69) is 13.5 Å². The number of hydrogen-bond donors (Lipinski definition) is 0. The molecule has 0 saturated carbocycles. The molecule has 0 bridgehead atoms. The van der Waals surface area contributed by atoms with Gasteiger partial charge < -0.3 is 14.2 Å². The third-order valence-electron chi connectivity index (χ3n) is 6.38. The molecule has 1 aliphatic heterocycles. The minimum absolute atomic E-state index is 0.0834. The summed E-state index contributed by atoms with van der Waals surface area (Å²) in [6, 6.07) is 14.9. The summed E-state index contributed by atoms with van der Waals surface area (Å²) < 4.78 is 60.7. The lowest BCUT2D eigenvalue weighted by molar-refractivity contribution is -0.190. The number of hydrogen-bond acceptors (Lipinski definition) is 3. The second-order valence-electron chi connectivity index (χ2n) is 8.94. The SMILES string of the molecule is C=CCOc1ccc(-c2ccc(-c3ccc(C4COC(CCCCC)OC4)c(F)c3)cc2)c(F)c1F. The Balaban J connectivity index is 1.44. The van der Waals surface area contributed by atoms with Crippen LogP contribution in [0.4, 0.5) is 13.2 Å². The number of benzene rings is 3. The molecule has 3 aromatic rings. The van der Waals surface area contributed by atoms with E-state index in [4.69, 9.17) is 14.2 Å². The van der Waals surface area contributed by atoms with E-state index in [1.807, 2.05) is 6.07 Å². The van der Waals surface area contributed by atoms with Crippen LogP contribution < -0.4 is 4.74 Å². The summed E-state index contributed by atoms with van der Waals surface area (Å²) >= 11 is 0. The van der Waals surface area contributed by atoms with Crippen molar-refractivity contribution in [3.63, 3.8) is 0 Å². The Kier molecular flexibility index (Phi) is 8.83. The Labute approximate surface area is 210 Å². The molecule has 6 heteroatoms. The lowest BCUT2D eigenvalue weighted by Gasteiger charge is -2.30. The molecule has 1 aliphatic rings. The first kappa shape index (κ1) is 26.0. The third kappa shape index (κ3) is 6.00. The molecule has 0 spiro atoms. The van der Waals surface area contributed by atoms with E-state index in [1.165, 1.54) is 24.3 Å². The zero-order chi connectivity index (χ0) is 25.5. The van der Waals surface area contributed by atoms with Crippen molar-refractivity contribution in [2.24, 2.45) is 0 Å². The smallest absolute Gasteiger partial charge is 0.201 e. The van der Waals surface area contributed by atoms with Gasteiger partial charge in [-0.2, -0.15) is 4.39 Å².